The number of amides is 1. The van der Waals surface area contributed by atoms with Crippen molar-refractivity contribution in [2.75, 3.05) is 20.6 Å². The van der Waals surface area contributed by atoms with Gasteiger partial charge in [0.15, 0.2) is 0 Å². The van der Waals surface area contributed by atoms with E-state index >= 15 is 0 Å². The molecule has 17 heavy (non-hydrogen) atoms. The van der Waals surface area contributed by atoms with Crippen LogP contribution in [0.1, 0.15) is 22.2 Å². The average molecular weight is 272 g/mol. The summed E-state index contributed by atoms with van der Waals surface area (Å²) in [6.45, 7) is 5.37. The number of hydrogen-bond acceptors (Lipinski definition) is 4. The molecule has 0 aromatic carbocycles. The van der Waals surface area contributed by atoms with E-state index in [-0.39, 0.29) is 59.4 Å². The molecule has 2 N–H and O–H groups in total. The van der Waals surface area contributed by atoms with Gasteiger partial charge in [0.25, 0.3) is 0 Å². The number of nitrogens with one attached hydrogen (secondary N) is 1. The van der Waals surface area contributed by atoms with E-state index in [9.17, 15) is 9.59 Å². The minimum atomic E-state index is -1.08. The minimum absolute atomic E-state index is 0. The van der Waals surface area contributed by atoms with Gasteiger partial charge in [-0.3, -0.25) is 0 Å². The zero-order valence-corrected chi connectivity index (χ0v) is 14.5. The molecule has 0 aromatic rings. The Kier molecular flexibility index (Phi) is 9.77. The molecule has 0 aromatic heterocycles. The first-order valence-corrected chi connectivity index (χ1v) is 4.99. The summed E-state index contributed by atoms with van der Waals surface area (Å²) >= 11 is 0. The van der Waals surface area contributed by atoms with Gasteiger partial charge in [0.2, 0.25) is 0 Å². The summed E-state index contributed by atoms with van der Waals surface area (Å²) in [7, 11) is 3.46. The van der Waals surface area contributed by atoms with Gasteiger partial charge in [0.05, 0.1) is 0 Å². The molecule has 0 spiro atoms. The van der Waals surface area contributed by atoms with Gasteiger partial charge in [-0.25, -0.2) is 9.59 Å². The van der Waals surface area contributed by atoms with Crippen LogP contribution in [0.3, 0.4) is 0 Å². The van der Waals surface area contributed by atoms with Gasteiger partial charge in [-0.15, -0.1) is 0 Å². The number of carboxylic acid groups (broad SMARTS) is 1. The number of ether oxygens (including phenoxy) is 1. The van der Waals surface area contributed by atoms with Crippen molar-refractivity contribution in [3.05, 3.63) is 0 Å². The van der Waals surface area contributed by atoms with Crippen LogP contribution in [0.25, 0.3) is 0 Å². The Bertz CT molecular complexity index is 269. The predicted molar refractivity (Wildman–Crippen MR) is 60.5 cm³/mol. The Balaban J connectivity index is -0.00000112. The third kappa shape index (κ3) is 11.2. The molecule has 0 saturated heterocycles. The van der Waals surface area contributed by atoms with Crippen molar-refractivity contribution in [3.8, 4) is 0 Å². The Labute approximate surface area is 146 Å². The van der Waals surface area contributed by atoms with Crippen LogP contribution in [0.4, 0.5) is 4.79 Å². The van der Waals surface area contributed by atoms with Crippen molar-refractivity contribution in [2.24, 2.45) is 0 Å². The second-order valence-electron chi connectivity index (χ2n) is 4.80. The van der Waals surface area contributed by atoms with E-state index < -0.39 is 23.7 Å². The third-order valence-electron chi connectivity index (χ3n) is 1.54. The number of carboxylic acids is 1. The summed E-state index contributed by atoms with van der Waals surface area (Å²) in [6, 6.07) is -0.968. The van der Waals surface area contributed by atoms with Crippen molar-refractivity contribution < 1.29 is 72.2 Å². The zero-order valence-electron chi connectivity index (χ0n) is 12.4. The second-order valence-corrected chi connectivity index (χ2v) is 4.80. The molecule has 0 fully saturated rings. The number of likely N-dealkylation sites (N-methyl/N-ethyl adjacent to an activating group) is 1. The van der Waals surface area contributed by atoms with Crippen LogP contribution in [0, 0.1) is 0 Å². The average Bonchev–Trinajstić information content (AvgIpc) is 1.97. The first-order chi connectivity index (χ1) is 7.11. The van der Waals surface area contributed by atoms with Crippen LogP contribution in [-0.4, -0.2) is 54.4 Å². The van der Waals surface area contributed by atoms with E-state index in [0.29, 0.717) is 0 Å². The van der Waals surface area contributed by atoms with Crippen molar-refractivity contribution in [2.45, 2.75) is 32.4 Å². The molecule has 0 aliphatic rings. The molecule has 7 heteroatoms. The van der Waals surface area contributed by atoms with Crippen LogP contribution >= 0.6 is 0 Å². The van der Waals surface area contributed by atoms with Gasteiger partial charge in [0, 0.05) is 6.54 Å². The number of aliphatic carboxylic acids is 1. The van der Waals surface area contributed by atoms with Gasteiger partial charge >= 0.3 is 63.4 Å². The summed E-state index contributed by atoms with van der Waals surface area (Å²) in [4.78, 5) is 23.9. The molecule has 6 nitrogen and oxygen atoms in total. The number of carbonyl (C=O) groups excluding carboxylic acids is 1. The predicted octanol–water partition coefficient (Wildman–Crippen LogP) is -2.36. The molecule has 0 aliphatic carbocycles. The maximum absolute atomic E-state index is 11.3. The van der Waals surface area contributed by atoms with Gasteiger partial charge in [-0.1, -0.05) is 0 Å². The Morgan fingerprint density at radius 1 is 1.41 bits per heavy atom. The number of rotatable bonds is 4. The molecule has 96 valence electrons. The molecule has 0 radical (unpaired) electrons. The molecule has 0 bridgehead atoms. The van der Waals surface area contributed by atoms with Crippen LogP contribution in [0.15, 0.2) is 0 Å². The van der Waals surface area contributed by atoms with Crippen LogP contribution < -0.4 is 56.7 Å². The van der Waals surface area contributed by atoms with E-state index in [1.165, 1.54) is 0 Å². The molecule has 1 amide bonds. The molecular weight excluding hydrogens is 251 g/mol. The quantitative estimate of drug-likeness (QED) is 0.560. The summed E-state index contributed by atoms with van der Waals surface area (Å²) in [5.41, 5.74) is -0.634. The molecular formula is C10H21KN2O4. The fourth-order valence-electron chi connectivity index (χ4n) is 1.00. The summed E-state index contributed by atoms with van der Waals surface area (Å²) in [5.74, 6) is -1.08. The zero-order chi connectivity index (χ0) is 12.9. The SMILES string of the molecule is CN(C)C[C@@H](NC(=O)OC(C)(C)C)C(=O)O.[H-].[K+]. The van der Waals surface area contributed by atoms with E-state index in [1.807, 2.05) is 0 Å². The van der Waals surface area contributed by atoms with Crippen LogP contribution in [0.5, 0.6) is 0 Å². The molecule has 0 aliphatic heterocycles. The molecule has 0 heterocycles. The van der Waals surface area contributed by atoms with Gasteiger partial charge in [-0.05, 0) is 34.9 Å². The smallest absolute Gasteiger partial charge is 1.00 e. The Morgan fingerprint density at radius 2 is 1.88 bits per heavy atom. The van der Waals surface area contributed by atoms with Crippen molar-refractivity contribution >= 4 is 12.1 Å². The molecule has 0 rings (SSSR count). The fourth-order valence-corrected chi connectivity index (χ4v) is 1.00. The number of carbonyl (C=O) groups is 2. The summed E-state index contributed by atoms with van der Waals surface area (Å²) in [6.07, 6.45) is -0.721. The largest absolute Gasteiger partial charge is 1.00 e. The van der Waals surface area contributed by atoms with Gasteiger partial charge < -0.3 is 21.5 Å². The number of hydrogen-bond donors (Lipinski definition) is 2. The Morgan fingerprint density at radius 3 is 2.18 bits per heavy atom. The number of alkyl carbamates (subject to hydrolysis) is 1. The maximum Gasteiger partial charge on any atom is 1.00 e. The third-order valence-corrected chi connectivity index (χ3v) is 1.54. The number of nitrogens with zero attached hydrogens (tertiary/aromatic N) is 1. The normalized spacial score (nSPS) is 12.6. The van der Waals surface area contributed by atoms with Crippen molar-refractivity contribution in [3.63, 3.8) is 0 Å². The van der Waals surface area contributed by atoms with Gasteiger partial charge in [0.1, 0.15) is 11.6 Å². The molecule has 1 atom stereocenters. The van der Waals surface area contributed by atoms with Crippen LogP contribution in [-0.2, 0) is 9.53 Å². The topological polar surface area (TPSA) is 78.9 Å². The van der Waals surface area contributed by atoms with E-state index in [0.717, 1.165) is 0 Å². The maximum atomic E-state index is 11.3. The van der Waals surface area contributed by atoms with Crippen molar-refractivity contribution in [1.29, 1.82) is 0 Å². The fraction of sp³-hybridized carbons (Fsp3) is 0.800. The summed E-state index contributed by atoms with van der Waals surface area (Å²) in [5, 5.41) is 11.2. The van der Waals surface area contributed by atoms with E-state index in [1.54, 1.807) is 39.8 Å². The minimum Gasteiger partial charge on any atom is -1.00 e. The van der Waals surface area contributed by atoms with Crippen molar-refractivity contribution in [1.82, 2.24) is 10.2 Å². The first kappa shape index (κ1) is 19.7. The van der Waals surface area contributed by atoms with E-state index in [4.69, 9.17) is 9.84 Å². The summed E-state index contributed by atoms with van der Waals surface area (Å²) < 4.78 is 4.97. The van der Waals surface area contributed by atoms with Crippen LogP contribution in [0.2, 0.25) is 0 Å². The first-order valence-electron chi connectivity index (χ1n) is 4.99. The Hall–Kier alpha value is 0.336. The molecule has 0 saturated carbocycles. The second kappa shape index (κ2) is 8.44. The van der Waals surface area contributed by atoms with E-state index in [2.05, 4.69) is 5.32 Å². The molecule has 0 unspecified atom stereocenters. The standard InChI is InChI=1S/C10H20N2O4.K.H/c1-10(2,3)16-9(15)11-7(8(13)14)6-12(4)5;;/h7H,6H2,1-5H3,(H,11,15)(H,13,14);;/q;+1;-1/t7-;;/m1../s1. The monoisotopic (exact) mass is 272 g/mol. The van der Waals surface area contributed by atoms with Gasteiger partial charge in [-0.2, -0.15) is 0 Å².